The number of sulfonamides is 1. The van der Waals surface area contributed by atoms with Gasteiger partial charge in [-0.2, -0.15) is 0 Å². The smallest absolute Gasteiger partial charge is 0.264 e. The Morgan fingerprint density at radius 1 is 1.26 bits per heavy atom. The highest BCUT2D eigenvalue weighted by atomic mass is 32.2. The molecule has 0 aliphatic heterocycles. The number of rotatable bonds is 7. The fourth-order valence-electron chi connectivity index (χ4n) is 1.87. The number of hydrogen-bond donors (Lipinski definition) is 1. The van der Waals surface area contributed by atoms with Gasteiger partial charge in [0.2, 0.25) is 5.91 Å². The van der Waals surface area contributed by atoms with E-state index in [1.54, 1.807) is 18.4 Å². The van der Waals surface area contributed by atoms with E-state index < -0.39 is 10.0 Å². The van der Waals surface area contributed by atoms with Gasteiger partial charge in [-0.05, 0) is 36.4 Å². The minimum absolute atomic E-state index is 0.0791. The zero-order chi connectivity index (χ0) is 16.9. The topological polar surface area (TPSA) is 88.9 Å². The minimum atomic E-state index is -3.69. The van der Waals surface area contributed by atoms with E-state index in [2.05, 4.69) is 5.32 Å². The van der Waals surface area contributed by atoms with Crippen molar-refractivity contribution in [3.63, 3.8) is 0 Å². The Morgan fingerprint density at radius 2 is 1.96 bits per heavy atom. The average molecular weight is 338 g/mol. The number of amides is 1. The molecule has 1 amide bonds. The van der Waals surface area contributed by atoms with Crippen molar-refractivity contribution < 1.29 is 22.5 Å². The molecule has 0 unspecified atom stereocenters. The number of aryl methyl sites for hydroxylation is 1. The Hall–Kier alpha value is -2.16. The molecule has 2 rings (SSSR count). The summed E-state index contributed by atoms with van der Waals surface area (Å²) >= 11 is 0. The first-order valence-electron chi connectivity index (χ1n) is 6.89. The predicted octanol–water partition coefficient (Wildman–Crippen LogP) is 2.03. The number of carbonyl (C=O) groups excluding carboxylic acids is 1. The first kappa shape index (κ1) is 17.2. The summed E-state index contributed by atoms with van der Waals surface area (Å²) in [5, 5.41) is 2.71. The molecule has 0 aliphatic rings. The molecule has 1 heterocycles. The van der Waals surface area contributed by atoms with Crippen LogP contribution in [-0.2, 0) is 26.1 Å². The van der Waals surface area contributed by atoms with Crippen molar-refractivity contribution in [3.05, 3.63) is 48.4 Å². The molecule has 1 aromatic heterocycles. The number of carbonyl (C=O) groups is 1. The maximum absolute atomic E-state index is 12.0. The van der Waals surface area contributed by atoms with E-state index in [4.69, 9.17) is 9.25 Å². The van der Waals surface area contributed by atoms with Gasteiger partial charge in [0, 0.05) is 25.6 Å². The SMILES string of the molecule is CON(C)S(=O)(=O)c1ccc(NC(=O)CCc2ccco2)cc1. The van der Waals surface area contributed by atoms with Gasteiger partial charge in [-0.3, -0.25) is 9.63 Å². The van der Waals surface area contributed by atoms with Gasteiger partial charge in [-0.25, -0.2) is 8.42 Å². The number of anilines is 1. The van der Waals surface area contributed by atoms with Gasteiger partial charge < -0.3 is 9.73 Å². The third-order valence-electron chi connectivity index (χ3n) is 3.21. The van der Waals surface area contributed by atoms with Crippen LogP contribution in [0.15, 0.2) is 52.0 Å². The maximum Gasteiger partial charge on any atom is 0.264 e. The lowest BCUT2D eigenvalue weighted by molar-refractivity contribution is -0.116. The molecule has 1 aromatic carbocycles. The summed E-state index contributed by atoms with van der Waals surface area (Å²) in [5.41, 5.74) is 0.522. The van der Waals surface area contributed by atoms with Crippen molar-refractivity contribution in [2.45, 2.75) is 17.7 Å². The van der Waals surface area contributed by atoms with Crippen LogP contribution in [0.2, 0.25) is 0 Å². The van der Waals surface area contributed by atoms with Gasteiger partial charge >= 0.3 is 0 Å². The van der Waals surface area contributed by atoms with E-state index in [0.29, 0.717) is 12.1 Å². The second-order valence-corrected chi connectivity index (χ2v) is 6.68. The zero-order valence-electron chi connectivity index (χ0n) is 12.9. The first-order valence-corrected chi connectivity index (χ1v) is 8.33. The molecule has 0 spiro atoms. The standard InChI is InChI=1S/C15H18N2O5S/c1-17(21-2)23(19,20)14-8-5-12(6-9-14)16-15(18)10-7-13-4-3-11-22-13/h3-6,8-9,11H,7,10H2,1-2H3,(H,16,18). The van der Waals surface area contributed by atoms with Crippen LogP contribution in [0.4, 0.5) is 5.69 Å². The maximum atomic E-state index is 12.0. The summed E-state index contributed by atoms with van der Waals surface area (Å²) < 4.78 is 30.0. The molecule has 2 aromatic rings. The Kier molecular flexibility index (Phi) is 5.54. The second-order valence-electron chi connectivity index (χ2n) is 4.75. The largest absolute Gasteiger partial charge is 0.469 e. The molecule has 0 radical (unpaired) electrons. The predicted molar refractivity (Wildman–Crippen MR) is 84.1 cm³/mol. The second kappa shape index (κ2) is 7.40. The van der Waals surface area contributed by atoms with Gasteiger partial charge in [-0.15, -0.1) is 0 Å². The van der Waals surface area contributed by atoms with E-state index in [9.17, 15) is 13.2 Å². The lowest BCUT2D eigenvalue weighted by Gasteiger charge is -2.14. The van der Waals surface area contributed by atoms with Crippen molar-refractivity contribution in [1.82, 2.24) is 4.47 Å². The Labute approximate surface area is 134 Å². The first-order chi connectivity index (χ1) is 10.9. The monoisotopic (exact) mass is 338 g/mol. The van der Waals surface area contributed by atoms with Gasteiger partial charge in [0.1, 0.15) is 5.76 Å². The molecule has 0 saturated carbocycles. The summed E-state index contributed by atoms with van der Waals surface area (Å²) in [7, 11) is -1.11. The summed E-state index contributed by atoms with van der Waals surface area (Å²) in [6, 6.07) is 9.45. The lowest BCUT2D eigenvalue weighted by atomic mass is 10.2. The van der Waals surface area contributed by atoms with Crippen LogP contribution in [0, 0.1) is 0 Å². The van der Waals surface area contributed by atoms with Crippen LogP contribution in [0.3, 0.4) is 0 Å². The summed E-state index contributed by atoms with van der Waals surface area (Å²) in [6.45, 7) is 0. The molecule has 0 saturated heterocycles. The Bertz CT molecular complexity index is 739. The molecular weight excluding hydrogens is 320 g/mol. The fourth-order valence-corrected chi connectivity index (χ4v) is 2.85. The number of furan rings is 1. The number of nitrogens with one attached hydrogen (secondary N) is 1. The van der Waals surface area contributed by atoms with E-state index in [1.807, 2.05) is 0 Å². The highest BCUT2D eigenvalue weighted by Gasteiger charge is 2.20. The highest BCUT2D eigenvalue weighted by Crippen LogP contribution is 2.17. The molecule has 8 heteroatoms. The van der Waals surface area contributed by atoms with Gasteiger partial charge in [-0.1, -0.05) is 4.47 Å². The minimum Gasteiger partial charge on any atom is -0.469 e. The highest BCUT2D eigenvalue weighted by molar-refractivity contribution is 7.89. The van der Waals surface area contributed by atoms with Gasteiger partial charge in [0.25, 0.3) is 10.0 Å². The lowest BCUT2D eigenvalue weighted by Crippen LogP contribution is -2.25. The third-order valence-corrected chi connectivity index (χ3v) is 4.90. The molecule has 0 fully saturated rings. The molecule has 0 atom stereocenters. The molecule has 7 nitrogen and oxygen atoms in total. The molecule has 23 heavy (non-hydrogen) atoms. The van der Waals surface area contributed by atoms with E-state index in [1.165, 1.54) is 38.4 Å². The van der Waals surface area contributed by atoms with Crippen molar-refractivity contribution in [1.29, 1.82) is 0 Å². The number of benzene rings is 1. The van der Waals surface area contributed by atoms with Crippen LogP contribution < -0.4 is 5.32 Å². The number of nitrogens with zero attached hydrogens (tertiary/aromatic N) is 1. The Morgan fingerprint density at radius 3 is 2.52 bits per heavy atom. The van der Waals surface area contributed by atoms with Gasteiger partial charge in [0.05, 0.1) is 18.3 Å². The van der Waals surface area contributed by atoms with Crippen LogP contribution in [0.5, 0.6) is 0 Å². The van der Waals surface area contributed by atoms with E-state index in [0.717, 1.165) is 10.2 Å². The van der Waals surface area contributed by atoms with Crippen LogP contribution >= 0.6 is 0 Å². The van der Waals surface area contributed by atoms with Gasteiger partial charge in [0.15, 0.2) is 0 Å². The van der Waals surface area contributed by atoms with Crippen LogP contribution in [0.25, 0.3) is 0 Å². The molecule has 124 valence electrons. The summed E-state index contributed by atoms with van der Waals surface area (Å²) in [4.78, 5) is 16.6. The number of hydroxylamine groups is 1. The normalized spacial score (nSPS) is 11.6. The Balaban J connectivity index is 1.96. The molecule has 0 aliphatic carbocycles. The van der Waals surface area contributed by atoms with Crippen molar-refractivity contribution in [2.24, 2.45) is 0 Å². The average Bonchev–Trinajstić information content (AvgIpc) is 3.06. The van der Waals surface area contributed by atoms with Crippen LogP contribution in [-0.4, -0.2) is 33.0 Å². The quantitative estimate of drug-likeness (QED) is 0.780. The van der Waals surface area contributed by atoms with Crippen molar-refractivity contribution >= 4 is 21.6 Å². The summed E-state index contributed by atoms with van der Waals surface area (Å²) in [5.74, 6) is 0.565. The zero-order valence-corrected chi connectivity index (χ0v) is 13.7. The molecular formula is C15H18N2O5S. The van der Waals surface area contributed by atoms with Crippen molar-refractivity contribution in [3.8, 4) is 0 Å². The third kappa shape index (κ3) is 4.41. The van der Waals surface area contributed by atoms with E-state index >= 15 is 0 Å². The molecule has 0 bridgehead atoms. The fraction of sp³-hybridized carbons (Fsp3) is 0.267. The molecule has 1 N–H and O–H groups in total. The summed E-state index contributed by atoms with van der Waals surface area (Å²) in [6.07, 6.45) is 2.34. The van der Waals surface area contributed by atoms with Crippen LogP contribution in [0.1, 0.15) is 12.2 Å². The number of hydrogen-bond acceptors (Lipinski definition) is 5. The van der Waals surface area contributed by atoms with E-state index in [-0.39, 0.29) is 17.2 Å². The van der Waals surface area contributed by atoms with Crippen molar-refractivity contribution in [2.75, 3.05) is 19.5 Å².